The molecule has 23 heavy (non-hydrogen) atoms. The van der Waals surface area contributed by atoms with E-state index in [1.165, 1.54) is 29.3 Å². The van der Waals surface area contributed by atoms with Crippen LogP contribution in [0.1, 0.15) is 12.0 Å². The van der Waals surface area contributed by atoms with Gasteiger partial charge in [0.2, 0.25) is 10.3 Å². The molecule has 2 amide bonds. The number of anilines is 1. The molecule has 0 aliphatic carbocycles. The van der Waals surface area contributed by atoms with Crippen LogP contribution in [0, 0.1) is 0 Å². The Morgan fingerprint density at radius 2 is 2.09 bits per heavy atom. The Kier molecular flexibility index (Phi) is 6.36. The van der Waals surface area contributed by atoms with Crippen molar-refractivity contribution in [3.05, 3.63) is 35.9 Å². The van der Waals surface area contributed by atoms with Crippen LogP contribution in [0.4, 0.5) is 9.93 Å². The number of carbonyl (C=O) groups excluding carboxylic acids is 1. The Morgan fingerprint density at radius 1 is 1.35 bits per heavy atom. The number of thioether (sulfide) groups is 1. The molecule has 0 radical (unpaired) electrons. The fourth-order valence-corrected chi connectivity index (χ4v) is 3.08. The van der Waals surface area contributed by atoms with Gasteiger partial charge in [-0.1, -0.05) is 42.1 Å². The van der Waals surface area contributed by atoms with Gasteiger partial charge in [-0.25, -0.2) is 4.79 Å². The number of urea groups is 1. The number of aliphatic carboxylic acids is 1. The lowest BCUT2D eigenvalue weighted by Gasteiger charge is -2.15. The topological polar surface area (TPSA) is 95.4 Å². The number of nitrogens with zero attached hydrogens (tertiary/aromatic N) is 3. The Bertz CT molecular complexity index is 663. The summed E-state index contributed by atoms with van der Waals surface area (Å²) in [4.78, 5) is 27.9. The molecule has 1 heterocycles. The minimum absolute atomic E-state index is 0.0990. The van der Waals surface area contributed by atoms with Crippen molar-refractivity contribution in [2.24, 2.45) is 0 Å². The molecule has 0 aliphatic rings. The number of hydrogen-bond donors (Lipinski definition) is 2. The van der Waals surface area contributed by atoms with E-state index in [4.69, 9.17) is 5.11 Å². The standard InChI is InChI=1S/C14H16N4O3S2/c1-18(8-7-11(19)20)14(21)16-12-15-13(17-23-12)22-9-10-5-3-2-4-6-10/h2-6H,7-9H2,1H3,(H,19,20)(H,15,16,17,21). The number of benzene rings is 1. The number of rotatable bonds is 7. The quantitative estimate of drug-likeness (QED) is 0.744. The molecule has 0 saturated carbocycles. The molecule has 0 fully saturated rings. The Balaban J connectivity index is 1.82. The Hall–Kier alpha value is -2.13. The van der Waals surface area contributed by atoms with Crippen LogP contribution in [0.15, 0.2) is 35.5 Å². The lowest BCUT2D eigenvalue weighted by Crippen LogP contribution is -2.33. The fraction of sp³-hybridized carbons (Fsp3) is 0.286. The van der Waals surface area contributed by atoms with Gasteiger partial charge in [-0.15, -0.1) is 0 Å². The van der Waals surface area contributed by atoms with Gasteiger partial charge in [-0.05, 0) is 5.56 Å². The van der Waals surface area contributed by atoms with Crippen molar-refractivity contribution < 1.29 is 14.7 Å². The zero-order valence-corrected chi connectivity index (χ0v) is 14.1. The highest BCUT2D eigenvalue weighted by atomic mass is 32.2. The molecule has 9 heteroatoms. The monoisotopic (exact) mass is 352 g/mol. The molecule has 7 nitrogen and oxygen atoms in total. The molecule has 0 unspecified atom stereocenters. The second kappa shape index (κ2) is 8.49. The Labute approximate surface area is 141 Å². The maximum atomic E-state index is 11.9. The van der Waals surface area contributed by atoms with Gasteiger partial charge in [-0.2, -0.15) is 9.36 Å². The lowest BCUT2D eigenvalue weighted by molar-refractivity contribution is -0.137. The fourth-order valence-electron chi connectivity index (χ4n) is 1.59. The number of aromatic nitrogens is 2. The first-order chi connectivity index (χ1) is 11.0. The van der Waals surface area contributed by atoms with Crippen molar-refractivity contribution in [3.8, 4) is 0 Å². The number of nitrogens with one attached hydrogen (secondary N) is 1. The highest BCUT2D eigenvalue weighted by Gasteiger charge is 2.13. The molecule has 122 valence electrons. The van der Waals surface area contributed by atoms with E-state index in [1.54, 1.807) is 0 Å². The van der Waals surface area contributed by atoms with Gasteiger partial charge < -0.3 is 10.0 Å². The molecule has 2 N–H and O–H groups in total. The summed E-state index contributed by atoms with van der Waals surface area (Å²) >= 11 is 2.59. The zero-order valence-electron chi connectivity index (χ0n) is 12.4. The van der Waals surface area contributed by atoms with Crippen LogP contribution in [0.3, 0.4) is 0 Å². The number of amides is 2. The maximum Gasteiger partial charge on any atom is 0.323 e. The van der Waals surface area contributed by atoms with Gasteiger partial charge in [0.05, 0.1) is 6.42 Å². The molecule has 1 aromatic heterocycles. The summed E-state index contributed by atoms with van der Waals surface area (Å²) in [6, 6.07) is 9.57. The molecule has 2 aromatic rings. The van der Waals surface area contributed by atoms with Crippen molar-refractivity contribution >= 4 is 40.4 Å². The molecular formula is C14H16N4O3S2. The van der Waals surface area contributed by atoms with Gasteiger partial charge >= 0.3 is 12.0 Å². The molecule has 0 spiro atoms. The lowest BCUT2D eigenvalue weighted by atomic mass is 10.2. The molecule has 0 atom stereocenters. The van der Waals surface area contributed by atoms with Crippen LogP contribution in [0.25, 0.3) is 0 Å². The van der Waals surface area contributed by atoms with E-state index < -0.39 is 12.0 Å². The van der Waals surface area contributed by atoms with Gasteiger partial charge in [0.25, 0.3) is 0 Å². The number of carboxylic acids is 1. The summed E-state index contributed by atoms with van der Waals surface area (Å²) in [5.41, 5.74) is 1.17. The van der Waals surface area contributed by atoms with Crippen molar-refractivity contribution in [2.45, 2.75) is 17.3 Å². The summed E-state index contributed by atoms with van der Waals surface area (Å²) in [6.07, 6.45) is -0.0990. The van der Waals surface area contributed by atoms with E-state index in [-0.39, 0.29) is 13.0 Å². The normalized spacial score (nSPS) is 10.3. The zero-order chi connectivity index (χ0) is 16.7. The van der Waals surface area contributed by atoms with Crippen LogP contribution >= 0.6 is 23.3 Å². The van der Waals surface area contributed by atoms with E-state index in [2.05, 4.69) is 14.7 Å². The van der Waals surface area contributed by atoms with Crippen LogP contribution in [0.2, 0.25) is 0 Å². The first-order valence-electron chi connectivity index (χ1n) is 6.79. The Morgan fingerprint density at radius 3 is 2.78 bits per heavy atom. The second-order valence-electron chi connectivity index (χ2n) is 4.65. The molecule has 0 aliphatic heterocycles. The number of carboxylic acid groups (broad SMARTS) is 1. The number of hydrogen-bond acceptors (Lipinski definition) is 6. The molecule has 0 saturated heterocycles. The average Bonchev–Trinajstić information content (AvgIpc) is 2.99. The first kappa shape index (κ1) is 17.2. The first-order valence-corrected chi connectivity index (χ1v) is 8.55. The highest BCUT2D eigenvalue weighted by molar-refractivity contribution is 7.98. The SMILES string of the molecule is CN(CCC(=O)O)C(=O)Nc1nc(SCc2ccccc2)ns1. The third kappa shape index (κ3) is 5.87. The van der Waals surface area contributed by atoms with Gasteiger partial charge in [0, 0.05) is 30.9 Å². The summed E-state index contributed by atoms with van der Waals surface area (Å²) < 4.78 is 4.18. The smallest absolute Gasteiger partial charge is 0.323 e. The van der Waals surface area contributed by atoms with E-state index in [9.17, 15) is 9.59 Å². The van der Waals surface area contributed by atoms with Crippen LogP contribution < -0.4 is 5.32 Å². The summed E-state index contributed by atoms with van der Waals surface area (Å²) in [6.45, 7) is 0.135. The summed E-state index contributed by atoms with van der Waals surface area (Å²) in [5, 5.41) is 12.2. The third-order valence-electron chi connectivity index (χ3n) is 2.84. The van der Waals surface area contributed by atoms with Gasteiger partial charge in [0.15, 0.2) is 0 Å². The van der Waals surface area contributed by atoms with Crippen molar-refractivity contribution in [1.82, 2.24) is 14.3 Å². The second-order valence-corrected chi connectivity index (χ2v) is 6.35. The van der Waals surface area contributed by atoms with E-state index in [1.807, 2.05) is 30.3 Å². The van der Waals surface area contributed by atoms with Crippen LogP contribution in [-0.2, 0) is 10.5 Å². The average molecular weight is 352 g/mol. The molecular weight excluding hydrogens is 336 g/mol. The minimum Gasteiger partial charge on any atom is -0.481 e. The largest absolute Gasteiger partial charge is 0.481 e. The van der Waals surface area contributed by atoms with Crippen molar-refractivity contribution in [2.75, 3.05) is 18.9 Å². The van der Waals surface area contributed by atoms with E-state index in [0.29, 0.717) is 10.3 Å². The predicted octanol–water partition coefficient (Wildman–Crippen LogP) is 2.77. The summed E-state index contributed by atoms with van der Waals surface area (Å²) in [7, 11) is 1.53. The molecule has 2 rings (SSSR count). The van der Waals surface area contributed by atoms with Crippen molar-refractivity contribution in [1.29, 1.82) is 0 Å². The summed E-state index contributed by atoms with van der Waals surface area (Å²) in [5.74, 6) is -0.191. The highest BCUT2D eigenvalue weighted by Crippen LogP contribution is 2.23. The third-order valence-corrected chi connectivity index (χ3v) is 4.50. The van der Waals surface area contributed by atoms with E-state index in [0.717, 1.165) is 17.3 Å². The van der Waals surface area contributed by atoms with Crippen LogP contribution in [-0.4, -0.2) is 45.0 Å². The predicted molar refractivity (Wildman–Crippen MR) is 89.8 cm³/mol. The van der Waals surface area contributed by atoms with Crippen molar-refractivity contribution in [3.63, 3.8) is 0 Å². The molecule has 0 bridgehead atoms. The number of carbonyl (C=O) groups is 2. The van der Waals surface area contributed by atoms with Crippen LogP contribution in [0.5, 0.6) is 0 Å². The van der Waals surface area contributed by atoms with E-state index >= 15 is 0 Å². The molecule has 1 aromatic carbocycles. The van der Waals surface area contributed by atoms with Gasteiger partial charge in [-0.3, -0.25) is 10.1 Å². The maximum absolute atomic E-state index is 11.9. The van der Waals surface area contributed by atoms with Gasteiger partial charge in [0.1, 0.15) is 0 Å². The minimum atomic E-state index is -0.944.